The van der Waals surface area contributed by atoms with Gasteiger partial charge in [0.05, 0.1) is 12.2 Å². The highest BCUT2D eigenvalue weighted by Crippen LogP contribution is 2.12. The van der Waals surface area contributed by atoms with Crippen molar-refractivity contribution in [3.63, 3.8) is 0 Å². The summed E-state index contributed by atoms with van der Waals surface area (Å²) in [6.07, 6.45) is 1.73. The molecule has 1 aromatic heterocycles. The molecule has 1 unspecified atom stereocenters. The maximum absolute atomic E-state index is 12.0. The molecule has 0 saturated carbocycles. The van der Waals surface area contributed by atoms with Crippen molar-refractivity contribution < 1.29 is 14.7 Å². The summed E-state index contributed by atoms with van der Waals surface area (Å²) in [5.74, 6) is -0.697. The van der Waals surface area contributed by atoms with Gasteiger partial charge in [-0.05, 0) is 19.4 Å². The van der Waals surface area contributed by atoms with Crippen LogP contribution in [-0.4, -0.2) is 53.5 Å². The number of aliphatic hydroxyl groups excluding tert-OH is 1. The highest BCUT2D eigenvalue weighted by atomic mass is 16.3. The normalized spacial score (nSPS) is 12.1. The molecule has 6 heteroatoms. The number of aryl methyl sites for hydroxylation is 2. The van der Waals surface area contributed by atoms with Crippen LogP contribution in [0.4, 0.5) is 0 Å². The van der Waals surface area contributed by atoms with Crippen molar-refractivity contribution in [3.05, 3.63) is 23.0 Å². The van der Waals surface area contributed by atoms with Gasteiger partial charge in [-0.15, -0.1) is 0 Å². The van der Waals surface area contributed by atoms with Crippen molar-refractivity contribution in [1.29, 1.82) is 0 Å². The third kappa shape index (κ3) is 2.89. The Morgan fingerprint density at radius 2 is 2.06 bits per heavy atom. The van der Waals surface area contributed by atoms with Gasteiger partial charge in [-0.1, -0.05) is 0 Å². The van der Waals surface area contributed by atoms with E-state index < -0.39 is 12.6 Å². The molecule has 3 N–H and O–H groups in total. The summed E-state index contributed by atoms with van der Waals surface area (Å²) in [4.78, 5) is 28.0. The van der Waals surface area contributed by atoms with Crippen molar-refractivity contribution in [3.8, 4) is 0 Å². The lowest BCUT2D eigenvalue weighted by Crippen LogP contribution is -2.48. The number of carbonyl (C=O) groups is 2. The summed E-state index contributed by atoms with van der Waals surface area (Å²) in [5.41, 5.74) is 2.05. The summed E-state index contributed by atoms with van der Waals surface area (Å²) >= 11 is 0. The molecule has 0 aliphatic rings. The Labute approximate surface area is 106 Å². The molecule has 1 heterocycles. The lowest BCUT2D eigenvalue weighted by molar-refractivity contribution is -0.131. The van der Waals surface area contributed by atoms with Crippen molar-refractivity contribution in [2.24, 2.45) is 0 Å². The number of H-pyrrole nitrogens is 1. The maximum Gasteiger partial charge on any atom is 0.254 e. The zero-order valence-corrected chi connectivity index (χ0v) is 11.1. The van der Waals surface area contributed by atoms with Gasteiger partial charge in [-0.3, -0.25) is 9.59 Å². The first-order valence-corrected chi connectivity index (χ1v) is 5.66. The molecule has 0 aliphatic heterocycles. The molecule has 0 aliphatic carbocycles. The molecule has 1 aromatic rings. The second-order valence-corrected chi connectivity index (χ2v) is 4.41. The van der Waals surface area contributed by atoms with Gasteiger partial charge in [-0.2, -0.15) is 0 Å². The second-order valence-electron chi connectivity index (χ2n) is 4.41. The van der Waals surface area contributed by atoms with Crippen LogP contribution in [0.2, 0.25) is 0 Å². The van der Waals surface area contributed by atoms with Crippen LogP contribution in [0.5, 0.6) is 0 Å². The Kier molecular flexibility index (Phi) is 4.49. The molecule has 100 valence electrons. The molecular weight excluding hydrogens is 234 g/mol. The average molecular weight is 253 g/mol. The Hall–Kier alpha value is -1.82. The monoisotopic (exact) mass is 253 g/mol. The molecule has 0 fully saturated rings. The van der Waals surface area contributed by atoms with Gasteiger partial charge < -0.3 is 20.3 Å². The largest absolute Gasteiger partial charge is 0.394 e. The summed E-state index contributed by atoms with van der Waals surface area (Å²) < 4.78 is 0. The number of nitrogens with one attached hydrogen (secondary N) is 2. The lowest BCUT2D eigenvalue weighted by atomic mass is 10.1. The maximum atomic E-state index is 12.0. The van der Waals surface area contributed by atoms with Crippen molar-refractivity contribution >= 4 is 11.8 Å². The number of nitrogens with zero attached hydrogens (tertiary/aromatic N) is 1. The van der Waals surface area contributed by atoms with Crippen LogP contribution in [0.15, 0.2) is 6.20 Å². The van der Waals surface area contributed by atoms with E-state index in [2.05, 4.69) is 10.3 Å². The molecule has 0 aromatic carbocycles. The van der Waals surface area contributed by atoms with Gasteiger partial charge in [-0.25, -0.2) is 0 Å². The van der Waals surface area contributed by atoms with Gasteiger partial charge in [0.15, 0.2) is 0 Å². The van der Waals surface area contributed by atoms with E-state index in [1.165, 1.54) is 4.90 Å². The van der Waals surface area contributed by atoms with Gasteiger partial charge >= 0.3 is 0 Å². The zero-order valence-electron chi connectivity index (χ0n) is 11.1. The predicted octanol–water partition coefficient (Wildman–Crippen LogP) is -0.190. The molecule has 0 bridgehead atoms. The molecule has 1 rings (SSSR count). The fraction of sp³-hybridized carbons (Fsp3) is 0.500. The van der Waals surface area contributed by atoms with E-state index in [1.54, 1.807) is 34.1 Å². The van der Waals surface area contributed by atoms with Crippen molar-refractivity contribution in [2.75, 3.05) is 20.7 Å². The van der Waals surface area contributed by atoms with E-state index in [9.17, 15) is 9.59 Å². The number of rotatable bonds is 4. The summed E-state index contributed by atoms with van der Waals surface area (Å²) in [6, 6.07) is -0.916. The van der Waals surface area contributed by atoms with E-state index in [4.69, 9.17) is 5.11 Å². The lowest BCUT2D eigenvalue weighted by Gasteiger charge is -2.19. The number of amides is 2. The first-order chi connectivity index (χ1) is 8.38. The van der Waals surface area contributed by atoms with Crippen LogP contribution in [0.1, 0.15) is 21.6 Å². The van der Waals surface area contributed by atoms with Crippen molar-refractivity contribution in [1.82, 2.24) is 15.2 Å². The number of hydrogen-bond donors (Lipinski definition) is 3. The Bertz CT molecular complexity index is 432. The Morgan fingerprint density at radius 1 is 1.44 bits per heavy atom. The quantitative estimate of drug-likeness (QED) is 0.695. The number of likely N-dealkylation sites (N-methyl/N-ethyl adjacent to an activating group) is 1. The third-order valence-corrected chi connectivity index (χ3v) is 2.73. The minimum atomic E-state index is -0.916. The van der Waals surface area contributed by atoms with Crippen LogP contribution in [0.3, 0.4) is 0 Å². The second kappa shape index (κ2) is 5.68. The van der Waals surface area contributed by atoms with Crippen LogP contribution in [-0.2, 0) is 4.79 Å². The number of aliphatic hydroxyl groups is 1. The van der Waals surface area contributed by atoms with Crippen LogP contribution in [0, 0.1) is 13.8 Å². The number of aromatic amines is 1. The smallest absolute Gasteiger partial charge is 0.254 e. The van der Waals surface area contributed by atoms with Crippen LogP contribution < -0.4 is 5.32 Å². The molecule has 0 spiro atoms. The molecule has 0 saturated heterocycles. The highest BCUT2D eigenvalue weighted by Gasteiger charge is 2.23. The Balaban J connectivity index is 2.84. The van der Waals surface area contributed by atoms with Crippen molar-refractivity contribution in [2.45, 2.75) is 19.9 Å². The molecular formula is C12H19N3O3. The van der Waals surface area contributed by atoms with Gasteiger partial charge in [0.2, 0.25) is 5.91 Å². The van der Waals surface area contributed by atoms with Crippen LogP contribution in [0.25, 0.3) is 0 Å². The predicted molar refractivity (Wildman–Crippen MR) is 67.3 cm³/mol. The molecule has 6 nitrogen and oxygen atoms in total. The highest BCUT2D eigenvalue weighted by molar-refractivity contribution is 5.99. The molecule has 1 atom stereocenters. The zero-order chi connectivity index (χ0) is 13.9. The summed E-state index contributed by atoms with van der Waals surface area (Å²) in [6.45, 7) is 3.16. The summed E-state index contributed by atoms with van der Waals surface area (Å²) in [5, 5.41) is 11.7. The minimum absolute atomic E-state index is 0.336. The Morgan fingerprint density at radius 3 is 2.44 bits per heavy atom. The van der Waals surface area contributed by atoms with E-state index in [0.29, 0.717) is 5.56 Å². The SMILES string of the molecule is Cc1c[nH]c(C)c1C(=O)NC(CO)C(=O)N(C)C. The summed E-state index contributed by atoms with van der Waals surface area (Å²) in [7, 11) is 3.15. The first kappa shape index (κ1) is 14.2. The van der Waals surface area contributed by atoms with E-state index in [1.807, 2.05) is 0 Å². The number of carbonyl (C=O) groups excluding carboxylic acids is 2. The topological polar surface area (TPSA) is 85.4 Å². The third-order valence-electron chi connectivity index (χ3n) is 2.73. The fourth-order valence-corrected chi connectivity index (χ4v) is 1.73. The van der Waals surface area contributed by atoms with E-state index in [0.717, 1.165) is 11.3 Å². The minimum Gasteiger partial charge on any atom is -0.394 e. The first-order valence-electron chi connectivity index (χ1n) is 5.66. The molecule has 2 amide bonds. The number of aromatic nitrogens is 1. The average Bonchev–Trinajstić information content (AvgIpc) is 2.64. The molecule has 0 radical (unpaired) electrons. The van der Waals surface area contributed by atoms with Gasteiger partial charge in [0.1, 0.15) is 6.04 Å². The number of hydrogen-bond acceptors (Lipinski definition) is 3. The van der Waals surface area contributed by atoms with E-state index >= 15 is 0 Å². The van der Waals surface area contributed by atoms with Crippen LogP contribution >= 0.6 is 0 Å². The molecule has 18 heavy (non-hydrogen) atoms. The fourth-order valence-electron chi connectivity index (χ4n) is 1.73. The van der Waals surface area contributed by atoms with E-state index in [-0.39, 0.29) is 11.8 Å². The standard InChI is InChI=1S/C12H19N3O3/c1-7-5-13-8(2)10(7)11(17)14-9(6-16)12(18)15(3)4/h5,9,13,16H,6H2,1-4H3,(H,14,17). The van der Waals surface area contributed by atoms with Gasteiger partial charge in [0.25, 0.3) is 5.91 Å². The van der Waals surface area contributed by atoms with Gasteiger partial charge in [0, 0.05) is 26.0 Å².